The second-order valence-electron chi connectivity index (χ2n) is 9.84. The van der Waals surface area contributed by atoms with E-state index in [1.165, 1.54) is 0 Å². The third kappa shape index (κ3) is 4.47. The minimum atomic E-state index is 0.147. The molecular weight excluding hydrogens is 392 g/mol. The quantitative estimate of drug-likeness (QED) is 0.794. The monoisotopic (exact) mass is 424 g/mol. The van der Waals surface area contributed by atoms with E-state index in [-0.39, 0.29) is 29.4 Å². The van der Waals surface area contributed by atoms with E-state index in [1.807, 2.05) is 6.20 Å². The number of fused-ring (bicyclic) bond motifs is 1. The average Bonchev–Trinajstić information content (AvgIpc) is 3.44. The van der Waals surface area contributed by atoms with Crippen molar-refractivity contribution in [2.45, 2.75) is 58.1 Å². The first-order valence-electron chi connectivity index (χ1n) is 11.5. The molecule has 1 atom stereocenters. The summed E-state index contributed by atoms with van der Waals surface area (Å²) in [7, 11) is 0. The van der Waals surface area contributed by atoms with Crippen LogP contribution in [0.2, 0.25) is 0 Å². The van der Waals surface area contributed by atoms with Crippen LogP contribution in [0, 0.1) is 11.3 Å². The number of nitrogens with one attached hydrogen (secondary N) is 1. The smallest absolute Gasteiger partial charge is 0.223 e. The largest absolute Gasteiger partial charge is 0.490 e. The van der Waals surface area contributed by atoms with Crippen molar-refractivity contribution in [2.24, 2.45) is 11.3 Å². The van der Waals surface area contributed by atoms with E-state index in [0.717, 1.165) is 80.7 Å². The van der Waals surface area contributed by atoms with Gasteiger partial charge in [0.2, 0.25) is 5.91 Å². The molecule has 1 N–H and O–H groups in total. The van der Waals surface area contributed by atoms with Gasteiger partial charge in [-0.25, -0.2) is 9.97 Å². The number of carbonyl (C=O) groups excluding carboxylic acids is 1. The van der Waals surface area contributed by atoms with Crippen molar-refractivity contribution in [3.8, 4) is 5.75 Å². The van der Waals surface area contributed by atoms with E-state index < -0.39 is 0 Å². The van der Waals surface area contributed by atoms with Crippen LogP contribution in [0.25, 0.3) is 10.9 Å². The molecule has 2 aromatic rings. The Kier molecular flexibility index (Phi) is 5.46. The lowest BCUT2D eigenvalue weighted by molar-refractivity contribution is -0.124. The molecule has 3 fully saturated rings. The number of hydrogen-bond donors (Lipinski definition) is 1. The molecule has 1 aromatic carbocycles. The highest BCUT2D eigenvalue weighted by atomic mass is 16.5. The summed E-state index contributed by atoms with van der Waals surface area (Å²) in [5.74, 6) is 1.28. The molecular formula is C24H32N4O3. The predicted octanol–water partition coefficient (Wildman–Crippen LogP) is 3.32. The number of amides is 1. The van der Waals surface area contributed by atoms with Crippen LogP contribution in [-0.2, 0) is 9.53 Å². The first kappa shape index (κ1) is 20.5. The number of morpholine rings is 1. The third-order valence-electron chi connectivity index (χ3n) is 7.09. The molecule has 7 nitrogen and oxygen atoms in total. The molecule has 2 aliphatic carbocycles. The normalized spacial score (nSPS) is 27.7. The highest BCUT2D eigenvalue weighted by Gasteiger charge is 2.50. The highest BCUT2D eigenvalue weighted by Crippen LogP contribution is 2.51. The van der Waals surface area contributed by atoms with Gasteiger partial charge in [-0.3, -0.25) is 4.79 Å². The second-order valence-corrected chi connectivity index (χ2v) is 9.84. The van der Waals surface area contributed by atoms with Crippen LogP contribution in [-0.4, -0.2) is 54.3 Å². The first-order chi connectivity index (χ1) is 15.0. The Balaban J connectivity index is 1.25. The van der Waals surface area contributed by atoms with Gasteiger partial charge in [0.15, 0.2) is 0 Å². The lowest BCUT2D eigenvalue weighted by atomic mass is 9.92. The molecule has 1 amide bonds. The third-order valence-corrected chi connectivity index (χ3v) is 7.09. The maximum atomic E-state index is 12.4. The summed E-state index contributed by atoms with van der Waals surface area (Å²) in [6.45, 7) is 7.57. The Labute approximate surface area is 183 Å². The molecule has 0 spiro atoms. The maximum absolute atomic E-state index is 12.4. The van der Waals surface area contributed by atoms with Gasteiger partial charge in [-0.2, -0.15) is 0 Å². The van der Waals surface area contributed by atoms with Crippen LogP contribution in [0.1, 0.15) is 46.0 Å². The minimum Gasteiger partial charge on any atom is -0.490 e. The molecule has 0 bridgehead atoms. The molecule has 1 aromatic heterocycles. The number of aromatic nitrogens is 2. The van der Waals surface area contributed by atoms with Crippen molar-refractivity contribution in [3.05, 3.63) is 24.7 Å². The molecule has 3 aliphatic rings. The van der Waals surface area contributed by atoms with Crippen LogP contribution in [0.15, 0.2) is 24.7 Å². The molecule has 2 heterocycles. The SMILES string of the molecule is CC1(C)CC1C(=O)NC1CCC(Oc2cc(N3CCOCC3)cc3ncncc23)CC1. The summed E-state index contributed by atoms with van der Waals surface area (Å²) >= 11 is 0. The Hall–Kier alpha value is -2.41. The molecule has 0 radical (unpaired) electrons. The van der Waals surface area contributed by atoms with Gasteiger partial charge in [-0.15, -0.1) is 0 Å². The van der Waals surface area contributed by atoms with Crippen LogP contribution < -0.4 is 15.0 Å². The fourth-order valence-corrected chi connectivity index (χ4v) is 4.86. The Bertz CT molecular complexity index is 949. The van der Waals surface area contributed by atoms with Gasteiger partial charge in [0.05, 0.1) is 30.2 Å². The second kappa shape index (κ2) is 8.26. The summed E-state index contributed by atoms with van der Waals surface area (Å²) in [5, 5.41) is 4.22. The van der Waals surface area contributed by atoms with Crippen LogP contribution in [0.4, 0.5) is 5.69 Å². The number of nitrogens with zero attached hydrogens (tertiary/aromatic N) is 3. The summed E-state index contributed by atoms with van der Waals surface area (Å²) in [6, 6.07) is 4.50. The molecule has 7 heteroatoms. The van der Waals surface area contributed by atoms with Crippen LogP contribution in [0.5, 0.6) is 5.75 Å². The van der Waals surface area contributed by atoms with Gasteiger partial charge in [-0.05, 0) is 43.6 Å². The Morgan fingerprint density at radius 1 is 1.19 bits per heavy atom. The van der Waals surface area contributed by atoms with E-state index in [9.17, 15) is 4.79 Å². The predicted molar refractivity (Wildman–Crippen MR) is 119 cm³/mol. The van der Waals surface area contributed by atoms with E-state index in [2.05, 4.69) is 46.2 Å². The first-order valence-corrected chi connectivity index (χ1v) is 11.5. The minimum absolute atomic E-state index is 0.147. The maximum Gasteiger partial charge on any atom is 0.223 e. The van der Waals surface area contributed by atoms with Crippen molar-refractivity contribution < 1.29 is 14.3 Å². The van der Waals surface area contributed by atoms with Gasteiger partial charge < -0.3 is 19.7 Å². The van der Waals surface area contributed by atoms with Gasteiger partial charge in [0.1, 0.15) is 12.1 Å². The lowest BCUT2D eigenvalue weighted by Gasteiger charge is -2.31. The van der Waals surface area contributed by atoms with Crippen molar-refractivity contribution in [2.75, 3.05) is 31.2 Å². The standard InChI is InChI=1S/C24H32N4O3/c1-24(2)13-20(24)23(29)27-16-3-5-18(6-4-16)31-22-12-17(28-7-9-30-10-8-28)11-21-19(22)14-25-15-26-21/h11-12,14-16,18,20H,3-10,13H2,1-2H3,(H,27,29). The van der Waals surface area contributed by atoms with E-state index in [0.29, 0.717) is 0 Å². The van der Waals surface area contributed by atoms with Crippen LogP contribution in [0.3, 0.4) is 0 Å². The van der Waals surface area contributed by atoms with Gasteiger partial charge in [-0.1, -0.05) is 13.8 Å². The molecule has 1 unspecified atom stereocenters. The number of anilines is 1. The zero-order valence-electron chi connectivity index (χ0n) is 18.5. The Morgan fingerprint density at radius 3 is 2.65 bits per heavy atom. The van der Waals surface area contributed by atoms with E-state index in [4.69, 9.17) is 9.47 Å². The summed E-state index contributed by atoms with van der Waals surface area (Å²) < 4.78 is 12.0. The molecule has 5 rings (SSSR count). The summed E-state index contributed by atoms with van der Waals surface area (Å²) in [6.07, 6.45) is 8.38. The molecule has 1 saturated heterocycles. The summed E-state index contributed by atoms with van der Waals surface area (Å²) in [5.41, 5.74) is 2.21. The van der Waals surface area contributed by atoms with Crippen molar-refractivity contribution in [1.29, 1.82) is 0 Å². The van der Waals surface area contributed by atoms with Gasteiger partial charge >= 0.3 is 0 Å². The van der Waals surface area contributed by atoms with Crippen LogP contribution >= 0.6 is 0 Å². The molecule has 2 saturated carbocycles. The Morgan fingerprint density at radius 2 is 1.94 bits per heavy atom. The molecule has 31 heavy (non-hydrogen) atoms. The fraction of sp³-hybridized carbons (Fsp3) is 0.625. The zero-order chi connectivity index (χ0) is 21.4. The lowest BCUT2D eigenvalue weighted by Crippen LogP contribution is -2.41. The van der Waals surface area contributed by atoms with Gasteiger partial charge in [0.25, 0.3) is 0 Å². The average molecular weight is 425 g/mol. The van der Waals surface area contributed by atoms with Gasteiger partial charge in [0, 0.05) is 43.0 Å². The van der Waals surface area contributed by atoms with Crippen molar-refractivity contribution in [1.82, 2.24) is 15.3 Å². The summed E-state index contributed by atoms with van der Waals surface area (Å²) in [4.78, 5) is 23.4. The fourth-order valence-electron chi connectivity index (χ4n) is 4.86. The number of carbonyl (C=O) groups is 1. The number of benzene rings is 1. The number of rotatable bonds is 5. The van der Waals surface area contributed by atoms with E-state index in [1.54, 1.807) is 6.33 Å². The number of hydrogen-bond acceptors (Lipinski definition) is 6. The van der Waals surface area contributed by atoms with Crippen molar-refractivity contribution >= 4 is 22.5 Å². The molecule has 166 valence electrons. The van der Waals surface area contributed by atoms with E-state index >= 15 is 0 Å². The number of ether oxygens (including phenoxy) is 2. The zero-order valence-corrected chi connectivity index (χ0v) is 18.5. The van der Waals surface area contributed by atoms with Crippen molar-refractivity contribution in [3.63, 3.8) is 0 Å². The topological polar surface area (TPSA) is 76.6 Å². The highest BCUT2D eigenvalue weighted by molar-refractivity contribution is 5.88. The molecule has 1 aliphatic heterocycles.